The van der Waals surface area contributed by atoms with Gasteiger partial charge in [-0.3, -0.25) is 0 Å². The summed E-state index contributed by atoms with van der Waals surface area (Å²) in [6.07, 6.45) is 1.52. The van der Waals surface area contributed by atoms with Crippen LogP contribution in [-0.2, 0) is 26.6 Å². The molecule has 0 spiro atoms. The van der Waals surface area contributed by atoms with Crippen LogP contribution in [0.3, 0.4) is 0 Å². The molecule has 0 saturated heterocycles. The lowest BCUT2D eigenvalue weighted by molar-refractivity contribution is 0.445. The van der Waals surface area contributed by atoms with Crippen LogP contribution in [0.2, 0.25) is 0 Å². The fourth-order valence-corrected chi connectivity index (χ4v) is 5.78. The maximum Gasteiger partial charge on any atom is 0.339 e. The van der Waals surface area contributed by atoms with Gasteiger partial charge in [0.25, 0.3) is 0 Å². The molecule has 8 nitrogen and oxygen atoms in total. The molecular weight excluding hydrogens is 454 g/mol. The molecule has 172 valence electrons. The van der Waals surface area contributed by atoms with Crippen molar-refractivity contribution in [1.82, 2.24) is 4.31 Å². The molecule has 0 radical (unpaired) electrons. The van der Waals surface area contributed by atoms with Crippen LogP contribution in [0.15, 0.2) is 67.5 Å². The van der Waals surface area contributed by atoms with Crippen molar-refractivity contribution in [2.24, 2.45) is 0 Å². The summed E-state index contributed by atoms with van der Waals surface area (Å²) in [6.45, 7) is 6.05. The summed E-state index contributed by atoms with van der Waals surface area (Å²) in [5, 5.41) is 0.710. The van der Waals surface area contributed by atoms with E-state index in [1.165, 1.54) is 46.8 Å². The fraction of sp³-hybridized carbons (Fsp3) is 0.318. The highest BCUT2D eigenvalue weighted by Crippen LogP contribution is 2.26. The maximum absolute atomic E-state index is 12.7. The second kappa shape index (κ2) is 9.43. The fourth-order valence-electron chi connectivity index (χ4n) is 3.40. The van der Waals surface area contributed by atoms with Crippen molar-refractivity contribution < 1.29 is 25.4 Å². The van der Waals surface area contributed by atoms with Gasteiger partial charge in [0.2, 0.25) is 10.0 Å². The zero-order chi connectivity index (χ0) is 23.5. The first-order chi connectivity index (χ1) is 15.1. The van der Waals surface area contributed by atoms with Crippen molar-refractivity contribution in [1.29, 1.82) is 0 Å². The van der Waals surface area contributed by atoms with Gasteiger partial charge in [-0.05, 0) is 48.4 Å². The van der Waals surface area contributed by atoms with Crippen LogP contribution in [0, 0.1) is 0 Å². The van der Waals surface area contributed by atoms with Gasteiger partial charge in [-0.2, -0.15) is 12.7 Å². The number of nitrogens with zero attached hydrogens (tertiary/aromatic N) is 1. The Morgan fingerprint density at radius 3 is 2.09 bits per heavy atom. The molecule has 0 aliphatic carbocycles. The number of fused-ring (bicyclic) bond motifs is 1. The Morgan fingerprint density at radius 2 is 1.50 bits per heavy atom. The third-order valence-corrected chi connectivity index (χ3v) is 8.31. The normalized spacial score (nSPS) is 12.4. The zero-order valence-corrected chi connectivity index (χ0v) is 19.7. The second-order valence-electron chi connectivity index (χ2n) is 7.10. The minimum atomic E-state index is -4.23. The number of aryl methyl sites for hydroxylation is 1. The van der Waals surface area contributed by atoms with Gasteiger partial charge in [-0.1, -0.05) is 27.2 Å². The van der Waals surface area contributed by atoms with E-state index in [0.717, 1.165) is 12.0 Å². The predicted molar refractivity (Wildman–Crippen MR) is 121 cm³/mol. The molecule has 1 aromatic heterocycles. The standard InChI is InChI=1S/C22H25NO7S2/c1-4-7-16-14-22(24)29-21-15-17(8-13-20(16)21)30-32(27,28)19-11-9-18(10-12-19)31(25,26)23(5-2)6-3/h8-15H,4-7H2,1-3H3. The molecule has 2 aromatic carbocycles. The number of hydrogen-bond acceptors (Lipinski definition) is 7. The molecule has 0 bridgehead atoms. The molecule has 0 saturated carbocycles. The monoisotopic (exact) mass is 479 g/mol. The topological polar surface area (TPSA) is 111 Å². The molecule has 32 heavy (non-hydrogen) atoms. The minimum absolute atomic E-state index is 0.00363. The van der Waals surface area contributed by atoms with Gasteiger partial charge in [-0.15, -0.1) is 0 Å². The summed E-state index contributed by atoms with van der Waals surface area (Å²) in [5.74, 6) is -0.0193. The van der Waals surface area contributed by atoms with E-state index in [1.807, 2.05) is 6.92 Å². The van der Waals surface area contributed by atoms with Crippen molar-refractivity contribution in [3.63, 3.8) is 0 Å². The van der Waals surface area contributed by atoms with E-state index < -0.39 is 25.8 Å². The first-order valence-corrected chi connectivity index (χ1v) is 13.1. The number of rotatable bonds is 9. The van der Waals surface area contributed by atoms with Gasteiger partial charge in [0.15, 0.2) is 0 Å². The van der Waals surface area contributed by atoms with Crippen molar-refractivity contribution >= 4 is 31.1 Å². The summed E-state index contributed by atoms with van der Waals surface area (Å²) >= 11 is 0. The Balaban J connectivity index is 1.91. The molecule has 10 heteroatoms. The van der Waals surface area contributed by atoms with Crippen LogP contribution < -0.4 is 9.81 Å². The molecule has 0 unspecified atom stereocenters. The first-order valence-electron chi connectivity index (χ1n) is 10.2. The number of sulfonamides is 1. The van der Waals surface area contributed by atoms with Gasteiger partial charge in [0.1, 0.15) is 16.2 Å². The average Bonchev–Trinajstić information content (AvgIpc) is 2.74. The molecule has 0 N–H and O–H groups in total. The molecule has 0 fully saturated rings. The lowest BCUT2D eigenvalue weighted by atomic mass is 10.1. The van der Waals surface area contributed by atoms with Crippen LogP contribution >= 0.6 is 0 Å². The van der Waals surface area contributed by atoms with Crippen molar-refractivity contribution in [2.45, 2.75) is 43.4 Å². The van der Waals surface area contributed by atoms with E-state index in [0.29, 0.717) is 24.9 Å². The lowest BCUT2D eigenvalue weighted by Gasteiger charge is -2.18. The first kappa shape index (κ1) is 24.0. The van der Waals surface area contributed by atoms with Crippen molar-refractivity contribution in [2.75, 3.05) is 13.1 Å². The highest BCUT2D eigenvalue weighted by Gasteiger charge is 2.23. The average molecular weight is 480 g/mol. The smallest absolute Gasteiger partial charge is 0.339 e. The van der Waals surface area contributed by atoms with Crippen molar-refractivity contribution in [3.05, 3.63) is 64.5 Å². The van der Waals surface area contributed by atoms with E-state index in [1.54, 1.807) is 19.9 Å². The van der Waals surface area contributed by atoms with E-state index in [-0.39, 0.29) is 21.1 Å². The third kappa shape index (κ3) is 4.87. The van der Waals surface area contributed by atoms with E-state index >= 15 is 0 Å². The van der Waals surface area contributed by atoms with Crippen LogP contribution in [-0.4, -0.2) is 34.2 Å². The van der Waals surface area contributed by atoms with E-state index in [9.17, 15) is 21.6 Å². The minimum Gasteiger partial charge on any atom is -0.423 e. The van der Waals surface area contributed by atoms with E-state index in [2.05, 4.69) is 0 Å². The van der Waals surface area contributed by atoms with Gasteiger partial charge in [0, 0.05) is 30.6 Å². The Hall–Kier alpha value is -2.69. The Kier molecular flexibility index (Phi) is 7.06. The van der Waals surface area contributed by atoms with Gasteiger partial charge < -0.3 is 8.60 Å². The lowest BCUT2D eigenvalue weighted by Crippen LogP contribution is -2.30. The Labute approximate surface area is 187 Å². The largest absolute Gasteiger partial charge is 0.423 e. The molecule has 0 aliphatic heterocycles. The van der Waals surface area contributed by atoms with Crippen LogP contribution in [0.25, 0.3) is 11.0 Å². The maximum atomic E-state index is 12.7. The van der Waals surface area contributed by atoms with Crippen LogP contribution in [0.5, 0.6) is 5.75 Å². The molecular formula is C22H25NO7S2. The number of benzene rings is 2. The predicted octanol–water partition coefficient (Wildman–Crippen LogP) is 3.54. The summed E-state index contributed by atoms with van der Waals surface area (Å²) in [4.78, 5) is 11.6. The quantitative estimate of drug-likeness (QED) is 0.341. The Morgan fingerprint density at radius 1 is 0.875 bits per heavy atom. The summed E-state index contributed by atoms with van der Waals surface area (Å²) < 4.78 is 62.3. The summed E-state index contributed by atoms with van der Waals surface area (Å²) in [5.41, 5.74) is 0.526. The molecule has 0 aliphatic rings. The highest BCUT2D eigenvalue weighted by molar-refractivity contribution is 7.89. The molecule has 3 aromatic rings. The molecule has 0 atom stereocenters. The van der Waals surface area contributed by atoms with E-state index in [4.69, 9.17) is 8.60 Å². The third-order valence-electron chi connectivity index (χ3n) is 4.98. The van der Waals surface area contributed by atoms with Gasteiger partial charge >= 0.3 is 15.7 Å². The molecule has 1 heterocycles. The molecule has 3 rings (SSSR count). The van der Waals surface area contributed by atoms with Gasteiger partial charge in [-0.25, -0.2) is 13.2 Å². The summed E-state index contributed by atoms with van der Waals surface area (Å²) in [7, 11) is -7.94. The van der Waals surface area contributed by atoms with Gasteiger partial charge in [0.05, 0.1) is 4.90 Å². The Bertz CT molecular complexity index is 1370. The second-order valence-corrected chi connectivity index (χ2v) is 10.6. The van der Waals surface area contributed by atoms with Crippen LogP contribution in [0.1, 0.15) is 32.8 Å². The zero-order valence-electron chi connectivity index (χ0n) is 18.1. The summed E-state index contributed by atoms with van der Waals surface area (Å²) in [6, 6.07) is 10.8. The van der Waals surface area contributed by atoms with Crippen molar-refractivity contribution in [3.8, 4) is 5.75 Å². The molecule has 0 amide bonds. The highest BCUT2D eigenvalue weighted by atomic mass is 32.2. The number of hydrogen-bond donors (Lipinski definition) is 0. The van der Waals surface area contributed by atoms with Crippen LogP contribution in [0.4, 0.5) is 0 Å². The SMILES string of the molecule is CCCc1cc(=O)oc2cc(OS(=O)(=O)c3ccc(S(=O)(=O)N(CC)CC)cc3)ccc12.